The minimum absolute atomic E-state index is 0.225. The molecule has 2 aliphatic rings. The molecule has 1 saturated carbocycles. The molecule has 120 valence electrons. The van der Waals surface area contributed by atoms with E-state index in [-0.39, 0.29) is 5.56 Å². The molecule has 1 aromatic carbocycles. The van der Waals surface area contributed by atoms with Crippen molar-refractivity contribution in [2.45, 2.75) is 58.4 Å². The fraction of sp³-hybridized carbons (Fsp3) is 0.476. The van der Waals surface area contributed by atoms with Crippen LogP contribution in [-0.2, 0) is 19.4 Å². The van der Waals surface area contributed by atoms with Gasteiger partial charge in [-0.3, -0.25) is 4.79 Å². The largest absolute Gasteiger partial charge is 0.312 e. The van der Waals surface area contributed by atoms with Crippen molar-refractivity contribution in [3.05, 3.63) is 57.5 Å². The number of aryl methyl sites for hydroxylation is 2. The van der Waals surface area contributed by atoms with E-state index in [0.717, 1.165) is 30.5 Å². The van der Waals surface area contributed by atoms with Gasteiger partial charge in [-0.1, -0.05) is 36.2 Å². The van der Waals surface area contributed by atoms with Crippen LogP contribution >= 0.6 is 0 Å². The molecule has 0 N–H and O–H groups in total. The number of hydrogen-bond acceptors (Lipinski definition) is 1. The van der Waals surface area contributed by atoms with Crippen molar-refractivity contribution in [1.29, 1.82) is 0 Å². The number of benzene rings is 1. The predicted octanol–water partition coefficient (Wildman–Crippen LogP) is 4.50. The van der Waals surface area contributed by atoms with Gasteiger partial charge in [-0.2, -0.15) is 0 Å². The highest BCUT2D eigenvalue weighted by Gasteiger charge is 2.23. The van der Waals surface area contributed by atoms with E-state index in [1.807, 2.05) is 0 Å². The summed E-state index contributed by atoms with van der Waals surface area (Å²) in [5, 5.41) is 0. The van der Waals surface area contributed by atoms with Crippen molar-refractivity contribution < 1.29 is 0 Å². The van der Waals surface area contributed by atoms with Gasteiger partial charge in [-0.25, -0.2) is 0 Å². The summed E-state index contributed by atoms with van der Waals surface area (Å²) in [6.45, 7) is 3.02. The molecule has 0 unspecified atom stereocenters. The standard InChI is InChI=1S/C21H25NO/c1-15-6-4-10-17(12-15)19-13-18-9-2-3-11-20(18)22(21(19)23)14-16-7-5-8-16/h4,6,10,12-13,16H,2-3,5,7-9,11,14H2,1H3. The van der Waals surface area contributed by atoms with Gasteiger partial charge in [0, 0.05) is 17.8 Å². The number of hydrogen-bond donors (Lipinski definition) is 0. The molecule has 0 radical (unpaired) electrons. The first kappa shape index (κ1) is 14.7. The summed E-state index contributed by atoms with van der Waals surface area (Å²) in [6, 6.07) is 10.5. The molecule has 0 bridgehead atoms. The Kier molecular flexibility index (Phi) is 3.84. The van der Waals surface area contributed by atoms with Gasteiger partial charge < -0.3 is 4.57 Å². The van der Waals surface area contributed by atoms with Crippen LogP contribution in [0.25, 0.3) is 11.1 Å². The van der Waals surface area contributed by atoms with E-state index in [0.29, 0.717) is 5.92 Å². The van der Waals surface area contributed by atoms with E-state index < -0.39 is 0 Å². The Labute approximate surface area is 138 Å². The smallest absolute Gasteiger partial charge is 0.258 e. The van der Waals surface area contributed by atoms with Crippen molar-refractivity contribution in [2.24, 2.45) is 5.92 Å². The van der Waals surface area contributed by atoms with E-state index in [4.69, 9.17) is 0 Å². The molecule has 0 atom stereocenters. The highest BCUT2D eigenvalue weighted by Crippen LogP contribution is 2.30. The van der Waals surface area contributed by atoms with Crippen molar-refractivity contribution in [1.82, 2.24) is 4.57 Å². The van der Waals surface area contributed by atoms with E-state index in [2.05, 4.69) is 41.8 Å². The lowest BCUT2D eigenvalue weighted by Gasteiger charge is -2.30. The van der Waals surface area contributed by atoms with Gasteiger partial charge in [0.1, 0.15) is 0 Å². The molecule has 1 fully saturated rings. The van der Waals surface area contributed by atoms with Crippen molar-refractivity contribution in [2.75, 3.05) is 0 Å². The molecule has 0 amide bonds. The fourth-order valence-corrected chi connectivity index (χ4v) is 4.03. The molecule has 0 spiro atoms. The predicted molar refractivity (Wildman–Crippen MR) is 94.9 cm³/mol. The number of rotatable bonds is 3. The van der Waals surface area contributed by atoms with Crippen LogP contribution in [0.5, 0.6) is 0 Å². The van der Waals surface area contributed by atoms with E-state index >= 15 is 0 Å². The minimum atomic E-state index is 0.225. The lowest BCUT2D eigenvalue weighted by atomic mass is 9.84. The van der Waals surface area contributed by atoms with Crippen LogP contribution in [0, 0.1) is 12.8 Å². The average molecular weight is 307 g/mol. The topological polar surface area (TPSA) is 22.0 Å². The number of pyridine rings is 1. The highest BCUT2D eigenvalue weighted by molar-refractivity contribution is 5.64. The van der Waals surface area contributed by atoms with Gasteiger partial charge in [-0.15, -0.1) is 0 Å². The normalized spacial score (nSPS) is 17.6. The molecule has 2 aromatic rings. The average Bonchev–Trinajstić information content (AvgIpc) is 2.52. The number of nitrogens with zero attached hydrogens (tertiary/aromatic N) is 1. The first-order valence-corrected chi connectivity index (χ1v) is 9.05. The molecule has 1 aromatic heterocycles. The van der Waals surface area contributed by atoms with Crippen LogP contribution in [0.3, 0.4) is 0 Å². The second-order valence-electron chi connectivity index (χ2n) is 7.32. The Morgan fingerprint density at radius 2 is 1.91 bits per heavy atom. The lowest BCUT2D eigenvalue weighted by molar-refractivity contribution is 0.269. The maximum absolute atomic E-state index is 13.2. The number of aromatic nitrogens is 1. The van der Waals surface area contributed by atoms with Crippen molar-refractivity contribution in [3.63, 3.8) is 0 Å². The van der Waals surface area contributed by atoms with Crippen LogP contribution in [0.15, 0.2) is 35.1 Å². The van der Waals surface area contributed by atoms with E-state index in [9.17, 15) is 4.79 Å². The van der Waals surface area contributed by atoms with Crippen LogP contribution in [0.4, 0.5) is 0 Å². The Morgan fingerprint density at radius 1 is 1.09 bits per heavy atom. The van der Waals surface area contributed by atoms with Gasteiger partial charge in [-0.05, 0) is 68.6 Å². The third-order valence-electron chi connectivity index (χ3n) is 5.59. The third-order valence-corrected chi connectivity index (χ3v) is 5.59. The molecule has 2 aliphatic carbocycles. The summed E-state index contributed by atoms with van der Waals surface area (Å²) in [5.41, 5.74) is 6.14. The lowest BCUT2D eigenvalue weighted by Crippen LogP contribution is -2.32. The molecule has 23 heavy (non-hydrogen) atoms. The zero-order valence-electron chi connectivity index (χ0n) is 14.0. The number of fused-ring (bicyclic) bond motifs is 1. The van der Waals surface area contributed by atoms with Crippen LogP contribution in [0.1, 0.15) is 48.9 Å². The molecule has 1 heterocycles. The third kappa shape index (κ3) is 2.75. The van der Waals surface area contributed by atoms with E-state index in [1.54, 1.807) is 0 Å². The quantitative estimate of drug-likeness (QED) is 0.818. The Bertz CT molecular complexity index is 783. The van der Waals surface area contributed by atoms with Crippen LogP contribution < -0.4 is 5.56 Å². The summed E-state index contributed by atoms with van der Waals surface area (Å²) < 4.78 is 2.13. The second-order valence-corrected chi connectivity index (χ2v) is 7.32. The maximum Gasteiger partial charge on any atom is 0.258 e. The van der Waals surface area contributed by atoms with E-state index in [1.165, 1.54) is 48.9 Å². The SMILES string of the molecule is Cc1cccc(-c2cc3c(n(CC4CCC4)c2=O)CCCC3)c1. The monoisotopic (exact) mass is 307 g/mol. The summed E-state index contributed by atoms with van der Waals surface area (Å²) >= 11 is 0. The van der Waals surface area contributed by atoms with Crippen LogP contribution in [-0.4, -0.2) is 4.57 Å². The molecule has 0 saturated heterocycles. The van der Waals surface area contributed by atoms with Gasteiger partial charge in [0.05, 0.1) is 0 Å². The molecular formula is C21H25NO. The highest BCUT2D eigenvalue weighted by atomic mass is 16.1. The maximum atomic E-state index is 13.2. The second kappa shape index (κ2) is 5.99. The van der Waals surface area contributed by atoms with Crippen LogP contribution in [0.2, 0.25) is 0 Å². The summed E-state index contributed by atoms with van der Waals surface area (Å²) in [7, 11) is 0. The van der Waals surface area contributed by atoms with Crippen molar-refractivity contribution >= 4 is 0 Å². The first-order valence-electron chi connectivity index (χ1n) is 9.05. The zero-order chi connectivity index (χ0) is 15.8. The summed E-state index contributed by atoms with van der Waals surface area (Å²) in [6.07, 6.45) is 8.58. The Hall–Kier alpha value is -1.83. The Morgan fingerprint density at radius 3 is 2.65 bits per heavy atom. The first-order chi connectivity index (χ1) is 11.2. The Balaban J connectivity index is 1.86. The van der Waals surface area contributed by atoms with Gasteiger partial charge in [0.2, 0.25) is 0 Å². The zero-order valence-corrected chi connectivity index (χ0v) is 14.0. The molecule has 2 nitrogen and oxygen atoms in total. The van der Waals surface area contributed by atoms with Gasteiger partial charge in [0.25, 0.3) is 5.56 Å². The van der Waals surface area contributed by atoms with Gasteiger partial charge in [0.15, 0.2) is 0 Å². The minimum Gasteiger partial charge on any atom is -0.312 e. The molecule has 0 aliphatic heterocycles. The van der Waals surface area contributed by atoms with Gasteiger partial charge >= 0.3 is 0 Å². The molecule has 2 heteroatoms. The fourth-order valence-electron chi connectivity index (χ4n) is 4.03. The molecule has 4 rings (SSSR count). The van der Waals surface area contributed by atoms with Crippen molar-refractivity contribution in [3.8, 4) is 11.1 Å². The summed E-state index contributed by atoms with van der Waals surface area (Å²) in [4.78, 5) is 13.2. The molecular weight excluding hydrogens is 282 g/mol. The summed E-state index contributed by atoms with van der Waals surface area (Å²) in [5.74, 6) is 0.714.